The van der Waals surface area contributed by atoms with Gasteiger partial charge in [0.05, 0.1) is 5.56 Å². The van der Waals surface area contributed by atoms with E-state index in [0.29, 0.717) is 5.56 Å². The number of hydrogen-bond acceptors (Lipinski definition) is 3. The molecule has 3 nitrogen and oxygen atoms in total. The number of carbonyl (C=O) groups excluding carboxylic acids is 1. The van der Waals surface area contributed by atoms with Crippen LogP contribution in [0.2, 0.25) is 0 Å². The predicted octanol–water partition coefficient (Wildman–Crippen LogP) is 4.70. The van der Waals surface area contributed by atoms with Crippen LogP contribution in [0.4, 0.5) is 5.69 Å². The Labute approximate surface area is 148 Å². The highest BCUT2D eigenvalue weighted by Gasteiger charge is 2.19. The van der Waals surface area contributed by atoms with Gasteiger partial charge in [0.25, 0.3) is 0 Å². The number of esters is 1. The Morgan fingerprint density at radius 2 is 1.24 bits per heavy atom. The van der Waals surface area contributed by atoms with Crippen LogP contribution < -0.4 is 4.90 Å². The molecule has 3 heteroatoms. The lowest BCUT2D eigenvalue weighted by Crippen LogP contribution is -2.13. The molecule has 0 unspecified atom stereocenters. The molecule has 0 spiro atoms. The molecule has 0 aliphatic rings. The van der Waals surface area contributed by atoms with Crippen molar-refractivity contribution in [1.82, 2.24) is 0 Å². The maximum Gasteiger partial charge on any atom is 0.339 e. The van der Waals surface area contributed by atoms with Gasteiger partial charge in [-0.05, 0) is 35.4 Å². The summed E-state index contributed by atoms with van der Waals surface area (Å²) in [5.74, 6) is -0.331. The van der Waals surface area contributed by atoms with Crippen LogP contribution in [-0.4, -0.2) is 20.1 Å². The average molecular weight is 331 g/mol. The maximum absolute atomic E-state index is 12.6. The number of anilines is 1. The van der Waals surface area contributed by atoms with Gasteiger partial charge in [0, 0.05) is 19.8 Å². The van der Waals surface area contributed by atoms with Gasteiger partial charge < -0.3 is 9.64 Å². The van der Waals surface area contributed by atoms with Crippen LogP contribution in [0.1, 0.15) is 27.6 Å². The second-order valence-corrected chi connectivity index (χ2v) is 6.05. The Morgan fingerprint density at radius 1 is 0.760 bits per heavy atom. The van der Waals surface area contributed by atoms with Gasteiger partial charge in [-0.25, -0.2) is 4.79 Å². The molecule has 0 amide bonds. The third kappa shape index (κ3) is 4.07. The number of ether oxygens (including phenoxy) is 1. The summed E-state index contributed by atoms with van der Waals surface area (Å²) in [6, 6.07) is 27.0. The Balaban J connectivity index is 1.86. The van der Waals surface area contributed by atoms with Crippen LogP contribution in [0.5, 0.6) is 0 Å². The van der Waals surface area contributed by atoms with Crippen molar-refractivity contribution in [3.63, 3.8) is 0 Å². The van der Waals surface area contributed by atoms with E-state index in [0.717, 1.165) is 16.8 Å². The molecule has 0 saturated heterocycles. The third-order valence-electron chi connectivity index (χ3n) is 4.05. The van der Waals surface area contributed by atoms with Crippen LogP contribution in [-0.2, 0) is 4.74 Å². The lowest BCUT2D eigenvalue weighted by atomic mass is 10.0. The lowest BCUT2D eigenvalue weighted by molar-refractivity contribution is 0.0378. The first-order valence-corrected chi connectivity index (χ1v) is 8.23. The monoisotopic (exact) mass is 331 g/mol. The SMILES string of the molecule is CN(C)c1ccc(C(=O)OC(c2ccccc2)c2ccccc2)cc1. The van der Waals surface area contributed by atoms with Gasteiger partial charge in [0.15, 0.2) is 6.10 Å². The molecule has 0 aliphatic heterocycles. The van der Waals surface area contributed by atoms with Gasteiger partial charge in [-0.3, -0.25) is 0 Å². The first kappa shape index (κ1) is 16.8. The zero-order valence-electron chi connectivity index (χ0n) is 14.4. The van der Waals surface area contributed by atoms with Crippen LogP contribution in [0, 0.1) is 0 Å². The Morgan fingerprint density at radius 3 is 1.68 bits per heavy atom. The maximum atomic E-state index is 12.6. The van der Waals surface area contributed by atoms with E-state index in [4.69, 9.17) is 4.74 Å². The van der Waals surface area contributed by atoms with Crippen molar-refractivity contribution in [1.29, 1.82) is 0 Å². The van der Waals surface area contributed by atoms with Crippen LogP contribution in [0.15, 0.2) is 84.9 Å². The average Bonchev–Trinajstić information content (AvgIpc) is 2.67. The first-order chi connectivity index (χ1) is 12.1. The second kappa shape index (κ2) is 7.67. The van der Waals surface area contributed by atoms with Crippen molar-refractivity contribution in [2.24, 2.45) is 0 Å². The van der Waals surface area contributed by atoms with Gasteiger partial charge in [0.1, 0.15) is 0 Å². The number of rotatable bonds is 5. The topological polar surface area (TPSA) is 29.5 Å². The summed E-state index contributed by atoms with van der Waals surface area (Å²) in [6.07, 6.45) is -0.427. The molecule has 0 atom stereocenters. The summed E-state index contributed by atoms with van der Waals surface area (Å²) < 4.78 is 5.86. The zero-order valence-corrected chi connectivity index (χ0v) is 14.4. The predicted molar refractivity (Wildman–Crippen MR) is 101 cm³/mol. The van der Waals surface area contributed by atoms with E-state index in [9.17, 15) is 4.79 Å². The van der Waals surface area contributed by atoms with E-state index in [1.165, 1.54) is 0 Å². The smallest absolute Gasteiger partial charge is 0.339 e. The molecule has 0 radical (unpaired) electrons. The first-order valence-electron chi connectivity index (χ1n) is 8.23. The van der Waals surface area contributed by atoms with E-state index in [2.05, 4.69) is 0 Å². The molecule has 0 aliphatic carbocycles. The molecule has 0 aromatic heterocycles. The van der Waals surface area contributed by atoms with Crippen molar-refractivity contribution in [3.8, 4) is 0 Å². The highest BCUT2D eigenvalue weighted by Crippen LogP contribution is 2.27. The lowest BCUT2D eigenvalue weighted by Gasteiger charge is -2.19. The molecule has 3 aromatic rings. The summed E-state index contributed by atoms with van der Waals surface area (Å²) in [7, 11) is 3.93. The van der Waals surface area contributed by atoms with Crippen LogP contribution >= 0.6 is 0 Å². The van der Waals surface area contributed by atoms with Crippen LogP contribution in [0.25, 0.3) is 0 Å². The number of carbonyl (C=O) groups is 1. The molecule has 0 fully saturated rings. The van der Waals surface area contributed by atoms with Crippen molar-refractivity contribution in [2.45, 2.75) is 6.10 Å². The fourth-order valence-corrected chi connectivity index (χ4v) is 2.65. The Kier molecular flexibility index (Phi) is 5.14. The summed E-state index contributed by atoms with van der Waals surface area (Å²) in [6.45, 7) is 0. The zero-order chi connectivity index (χ0) is 17.6. The Bertz CT molecular complexity index is 772. The standard InChI is InChI=1S/C22H21NO2/c1-23(2)20-15-13-19(14-16-20)22(24)25-21(17-9-5-3-6-10-17)18-11-7-4-8-12-18/h3-16,21H,1-2H3. The van der Waals surface area contributed by atoms with E-state index in [1.807, 2.05) is 91.8 Å². The molecular weight excluding hydrogens is 310 g/mol. The molecule has 0 bridgehead atoms. The molecule has 126 valence electrons. The quantitative estimate of drug-likeness (QED) is 0.635. The molecule has 3 aromatic carbocycles. The van der Waals surface area contributed by atoms with E-state index in [1.54, 1.807) is 12.1 Å². The number of benzene rings is 3. The van der Waals surface area contributed by atoms with Gasteiger partial charge >= 0.3 is 5.97 Å². The molecule has 0 heterocycles. The van der Waals surface area contributed by atoms with Crippen LogP contribution in [0.3, 0.4) is 0 Å². The minimum atomic E-state index is -0.427. The summed E-state index contributed by atoms with van der Waals surface area (Å²) in [4.78, 5) is 14.6. The molecule has 3 rings (SSSR count). The second-order valence-electron chi connectivity index (χ2n) is 6.05. The van der Waals surface area contributed by atoms with E-state index in [-0.39, 0.29) is 5.97 Å². The molecule has 25 heavy (non-hydrogen) atoms. The minimum absolute atomic E-state index is 0.331. The minimum Gasteiger partial charge on any atom is -0.449 e. The van der Waals surface area contributed by atoms with Gasteiger partial charge in [-0.1, -0.05) is 60.7 Å². The fraction of sp³-hybridized carbons (Fsp3) is 0.136. The van der Waals surface area contributed by atoms with Gasteiger partial charge in [0.2, 0.25) is 0 Å². The summed E-state index contributed by atoms with van der Waals surface area (Å²) in [5.41, 5.74) is 3.49. The van der Waals surface area contributed by atoms with Gasteiger partial charge in [-0.2, -0.15) is 0 Å². The molecule has 0 saturated carbocycles. The summed E-state index contributed by atoms with van der Waals surface area (Å²) in [5, 5.41) is 0. The van der Waals surface area contributed by atoms with E-state index < -0.39 is 6.10 Å². The van der Waals surface area contributed by atoms with Crippen molar-refractivity contribution in [2.75, 3.05) is 19.0 Å². The third-order valence-corrected chi connectivity index (χ3v) is 4.05. The highest BCUT2D eigenvalue weighted by molar-refractivity contribution is 5.90. The largest absolute Gasteiger partial charge is 0.449 e. The molecule has 0 N–H and O–H groups in total. The Hall–Kier alpha value is -3.07. The molecular formula is C22H21NO2. The fourth-order valence-electron chi connectivity index (χ4n) is 2.65. The highest BCUT2D eigenvalue weighted by atomic mass is 16.5. The van der Waals surface area contributed by atoms with E-state index >= 15 is 0 Å². The van der Waals surface area contributed by atoms with Gasteiger partial charge in [-0.15, -0.1) is 0 Å². The number of hydrogen-bond donors (Lipinski definition) is 0. The normalized spacial score (nSPS) is 10.5. The van der Waals surface area contributed by atoms with Crippen molar-refractivity contribution < 1.29 is 9.53 Å². The van der Waals surface area contributed by atoms with Crippen molar-refractivity contribution >= 4 is 11.7 Å². The van der Waals surface area contributed by atoms with Crippen molar-refractivity contribution in [3.05, 3.63) is 102 Å². The summed E-state index contributed by atoms with van der Waals surface area (Å²) >= 11 is 0. The number of nitrogens with zero attached hydrogens (tertiary/aromatic N) is 1.